The smallest absolute Gasteiger partial charge is 0.249 e. The second-order valence-corrected chi connectivity index (χ2v) is 8.63. The van der Waals surface area contributed by atoms with E-state index in [1.54, 1.807) is 33.3 Å². The number of fused-ring (bicyclic) bond motifs is 1. The van der Waals surface area contributed by atoms with Crippen molar-refractivity contribution in [1.29, 1.82) is 0 Å². The maximum Gasteiger partial charge on any atom is 0.249 e. The van der Waals surface area contributed by atoms with Gasteiger partial charge in [-0.15, -0.1) is 11.3 Å². The van der Waals surface area contributed by atoms with Crippen LogP contribution in [-0.2, 0) is 20.7 Å². The fraction of sp³-hybridized carbons (Fsp3) is 0.478. The number of thiophene rings is 1. The third kappa shape index (κ3) is 5.62. The van der Waals surface area contributed by atoms with Crippen molar-refractivity contribution in [1.82, 2.24) is 9.80 Å². The van der Waals surface area contributed by atoms with Crippen LogP contribution < -0.4 is 4.74 Å². The standard InChI is InChI=1S/C23H29FN2O4S/c1-4-16(2)26(23(28)15-29-3)13-22(27)25-10-8-21-19(9-11-31-21)20(25)14-30-18-7-5-6-17(24)12-18/h5-7,9,11-12,16,20H,4,8,10,13-15H2,1-3H3/t16-,20+/m0/s1. The van der Waals surface area contributed by atoms with Gasteiger partial charge in [-0.05, 0) is 48.9 Å². The number of rotatable bonds is 9. The SMILES string of the molecule is CC[C@H](C)N(CC(=O)N1CCc2sccc2[C@H]1COc1cccc(F)c1)C(=O)COC. The fourth-order valence-corrected chi connectivity index (χ4v) is 4.69. The molecule has 3 rings (SSSR count). The Balaban J connectivity index is 1.78. The molecule has 0 radical (unpaired) electrons. The lowest BCUT2D eigenvalue weighted by atomic mass is 10.00. The third-order valence-electron chi connectivity index (χ3n) is 5.64. The van der Waals surface area contributed by atoms with Gasteiger partial charge in [-0.1, -0.05) is 13.0 Å². The Bertz CT molecular complexity index is 903. The highest BCUT2D eigenvalue weighted by atomic mass is 32.1. The van der Waals surface area contributed by atoms with Crippen molar-refractivity contribution in [3.63, 3.8) is 0 Å². The van der Waals surface area contributed by atoms with Gasteiger partial charge in [-0.2, -0.15) is 0 Å². The first-order valence-electron chi connectivity index (χ1n) is 10.5. The van der Waals surface area contributed by atoms with Gasteiger partial charge in [0.15, 0.2) is 0 Å². The molecule has 2 amide bonds. The Labute approximate surface area is 186 Å². The Morgan fingerprint density at radius 1 is 1.35 bits per heavy atom. The molecule has 0 spiro atoms. The fourth-order valence-electron chi connectivity index (χ4n) is 3.76. The summed E-state index contributed by atoms with van der Waals surface area (Å²) in [4.78, 5) is 30.4. The number of benzene rings is 1. The van der Waals surface area contributed by atoms with E-state index in [1.807, 2.05) is 25.3 Å². The second kappa shape index (κ2) is 10.7. The van der Waals surface area contributed by atoms with Gasteiger partial charge in [0.1, 0.15) is 31.3 Å². The molecule has 0 saturated heterocycles. The summed E-state index contributed by atoms with van der Waals surface area (Å²) in [5.41, 5.74) is 1.05. The van der Waals surface area contributed by atoms with Crippen molar-refractivity contribution in [3.8, 4) is 5.75 Å². The molecule has 0 saturated carbocycles. The molecule has 0 bridgehead atoms. The first kappa shape index (κ1) is 23.2. The highest BCUT2D eigenvalue weighted by Gasteiger charge is 2.34. The number of carbonyl (C=O) groups is 2. The normalized spacial score (nSPS) is 16.5. The summed E-state index contributed by atoms with van der Waals surface area (Å²) >= 11 is 1.67. The van der Waals surface area contributed by atoms with Crippen molar-refractivity contribution in [2.75, 3.05) is 33.4 Å². The average molecular weight is 449 g/mol. The van der Waals surface area contributed by atoms with Crippen LogP contribution in [0.3, 0.4) is 0 Å². The zero-order valence-corrected chi connectivity index (χ0v) is 19.0. The van der Waals surface area contributed by atoms with Gasteiger partial charge < -0.3 is 19.3 Å². The van der Waals surface area contributed by atoms with E-state index in [0.717, 1.165) is 18.4 Å². The minimum absolute atomic E-state index is 0.00681. The van der Waals surface area contributed by atoms with E-state index in [1.165, 1.54) is 24.1 Å². The summed E-state index contributed by atoms with van der Waals surface area (Å²) in [6.07, 6.45) is 1.51. The van der Waals surface area contributed by atoms with Gasteiger partial charge in [0.2, 0.25) is 11.8 Å². The van der Waals surface area contributed by atoms with Crippen LogP contribution in [0.2, 0.25) is 0 Å². The highest BCUT2D eigenvalue weighted by molar-refractivity contribution is 7.10. The molecule has 31 heavy (non-hydrogen) atoms. The summed E-state index contributed by atoms with van der Waals surface area (Å²) < 4.78 is 24.4. The summed E-state index contributed by atoms with van der Waals surface area (Å²) in [6, 6.07) is 7.63. The molecule has 0 N–H and O–H groups in total. The number of hydrogen-bond acceptors (Lipinski definition) is 5. The number of nitrogens with zero attached hydrogens (tertiary/aromatic N) is 2. The molecular weight excluding hydrogens is 419 g/mol. The van der Waals surface area contributed by atoms with Gasteiger partial charge >= 0.3 is 0 Å². The molecule has 0 unspecified atom stereocenters. The van der Waals surface area contributed by atoms with Crippen LogP contribution in [0.1, 0.15) is 36.8 Å². The topological polar surface area (TPSA) is 59.1 Å². The summed E-state index contributed by atoms with van der Waals surface area (Å²) in [5.74, 6) is -0.280. The molecule has 168 valence electrons. The Kier molecular flexibility index (Phi) is 8.03. The molecular formula is C23H29FN2O4S. The van der Waals surface area contributed by atoms with Crippen molar-refractivity contribution >= 4 is 23.2 Å². The van der Waals surface area contributed by atoms with Crippen molar-refractivity contribution < 1.29 is 23.5 Å². The van der Waals surface area contributed by atoms with Gasteiger partial charge in [-0.3, -0.25) is 9.59 Å². The number of halogens is 1. The summed E-state index contributed by atoms with van der Waals surface area (Å²) in [7, 11) is 1.47. The molecule has 1 aromatic heterocycles. The Morgan fingerprint density at radius 2 is 2.16 bits per heavy atom. The van der Waals surface area contributed by atoms with Gasteiger partial charge in [-0.25, -0.2) is 4.39 Å². The lowest BCUT2D eigenvalue weighted by Gasteiger charge is -2.38. The molecule has 2 heterocycles. The molecule has 1 aliphatic rings. The van der Waals surface area contributed by atoms with Crippen LogP contribution in [0, 0.1) is 5.82 Å². The number of methoxy groups -OCH3 is 1. The second-order valence-electron chi connectivity index (χ2n) is 7.63. The van der Waals surface area contributed by atoms with Crippen LogP contribution in [0.5, 0.6) is 5.75 Å². The number of ether oxygens (including phenoxy) is 2. The minimum Gasteiger partial charge on any atom is -0.491 e. The van der Waals surface area contributed by atoms with Crippen LogP contribution in [-0.4, -0.2) is 61.1 Å². The van der Waals surface area contributed by atoms with Crippen LogP contribution in [0.25, 0.3) is 0 Å². The van der Waals surface area contributed by atoms with Crippen molar-refractivity contribution in [2.45, 2.75) is 38.8 Å². The quantitative estimate of drug-likeness (QED) is 0.587. The zero-order valence-electron chi connectivity index (χ0n) is 18.2. The third-order valence-corrected chi connectivity index (χ3v) is 6.63. The molecule has 0 fully saturated rings. The zero-order chi connectivity index (χ0) is 22.4. The van der Waals surface area contributed by atoms with Gasteiger partial charge in [0, 0.05) is 30.6 Å². The molecule has 8 heteroatoms. The maximum absolute atomic E-state index is 13.5. The van der Waals surface area contributed by atoms with Gasteiger partial charge in [0.05, 0.1) is 6.04 Å². The minimum atomic E-state index is -0.369. The number of carbonyl (C=O) groups excluding carboxylic acids is 2. The molecule has 0 aliphatic carbocycles. The Morgan fingerprint density at radius 3 is 2.87 bits per heavy atom. The number of hydrogen-bond donors (Lipinski definition) is 0. The molecule has 2 aromatic rings. The van der Waals surface area contributed by atoms with Gasteiger partial charge in [0.25, 0.3) is 0 Å². The lowest BCUT2D eigenvalue weighted by molar-refractivity contribution is -0.146. The van der Waals surface area contributed by atoms with E-state index < -0.39 is 0 Å². The molecule has 6 nitrogen and oxygen atoms in total. The summed E-state index contributed by atoms with van der Waals surface area (Å²) in [5, 5.41) is 2.02. The molecule has 1 aliphatic heterocycles. The first-order chi connectivity index (χ1) is 14.9. The predicted octanol–water partition coefficient (Wildman–Crippen LogP) is 3.67. The number of amides is 2. The van der Waals surface area contributed by atoms with Crippen LogP contribution in [0.15, 0.2) is 35.7 Å². The van der Waals surface area contributed by atoms with E-state index in [0.29, 0.717) is 12.3 Å². The monoisotopic (exact) mass is 448 g/mol. The van der Waals surface area contributed by atoms with Crippen LogP contribution >= 0.6 is 11.3 Å². The highest BCUT2D eigenvalue weighted by Crippen LogP contribution is 2.34. The first-order valence-corrected chi connectivity index (χ1v) is 11.3. The van der Waals surface area contributed by atoms with E-state index in [4.69, 9.17) is 9.47 Å². The summed E-state index contributed by atoms with van der Waals surface area (Å²) in [6.45, 7) is 4.62. The lowest BCUT2D eigenvalue weighted by Crippen LogP contribution is -2.50. The van der Waals surface area contributed by atoms with E-state index in [2.05, 4.69) is 0 Å². The van der Waals surface area contributed by atoms with E-state index >= 15 is 0 Å². The van der Waals surface area contributed by atoms with E-state index in [9.17, 15) is 14.0 Å². The van der Waals surface area contributed by atoms with Crippen molar-refractivity contribution in [3.05, 3.63) is 52.0 Å². The predicted molar refractivity (Wildman–Crippen MR) is 118 cm³/mol. The average Bonchev–Trinajstić information content (AvgIpc) is 3.24. The van der Waals surface area contributed by atoms with E-state index in [-0.39, 0.29) is 49.5 Å². The molecule has 1 aromatic carbocycles. The van der Waals surface area contributed by atoms with Crippen molar-refractivity contribution in [2.24, 2.45) is 0 Å². The van der Waals surface area contributed by atoms with Crippen LogP contribution in [0.4, 0.5) is 4.39 Å². The maximum atomic E-state index is 13.5. The largest absolute Gasteiger partial charge is 0.491 e. The Hall–Kier alpha value is -2.45. The molecule has 2 atom stereocenters.